The van der Waals surface area contributed by atoms with Gasteiger partial charge in [0.05, 0.1) is 6.33 Å². The first-order valence-corrected chi connectivity index (χ1v) is 2.44. The molecule has 0 saturated heterocycles. The van der Waals surface area contributed by atoms with Crippen LogP contribution in [0, 0.1) is 0 Å². The smallest absolute Gasteiger partial charge is 0.269 e. The van der Waals surface area contributed by atoms with Crippen LogP contribution in [0.15, 0.2) is 11.4 Å². The Labute approximate surface area is 56.0 Å². The summed E-state index contributed by atoms with van der Waals surface area (Å²) in [7, 11) is 0. The van der Waals surface area contributed by atoms with E-state index < -0.39 is 5.91 Å². The van der Waals surface area contributed by atoms with Crippen molar-refractivity contribution in [1.82, 2.24) is 9.97 Å². The lowest BCUT2D eigenvalue weighted by Crippen LogP contribution is -2.11. The fourth-order valence-corrected chi connectivity index (χ4v) is 0.544. The van der Waals surface area contributed by atoms with Crippen LogP contribution in [0.5, 0.6) is 0 Å². The second-order valence-corrected chi connectivity index (χ2v) is 1.57. The standard InChI is InChI=1S/C4H4N5O/c5-3(10)2-4(9-6)8-1-7-2/h1H,(H2,5,10)(H,7,8)/q-1. The molecule has 0 saturated carbocycles. The van der Waals surface area contributed by atoms with Gasteiger partial charge < -0.3 is 21.4 Å². The number of nitrogens with zero attached hydrogens (tertiary/aromatic N) is 3. The Morgan fingerprint density at radius 1 is 1.90 bits per heavy atom. The van der Waals surface area contributed by atoms with Gasteiger partial charge in [-0.2, -0.15) is 0 Å². The molecule has 1 amide bonds. The van der Waals surface area contributed by atoms with Gasteiger partial charge >= 0.3 is 0 Å². The predicted molar refractivity (Wildman–Crippen MR) is 32.6 cm³/mol. The summed E-state index contributed by atoms with van der Waals surface area (Å²) in [6, 6.07) is 0. The van der Waals surface area contributed by atoms with Crippen molar-refractivity contribution in [1.29, 1.82) is 0 Å². The minimum absolute atomic E-state index is 0.00231. The number of amides is 1. The molecule has 10 heavy (non-hydrogen) atoms. The number of aromatic nitrogens is 2. The number of imidazole rings is 1. The van der Waals surface area contributed by atoms with Crippen molar-refractivity contribution in [3.05, 3.63) is 17.6 Å². The van der Waals surface area contributed by atoms with Gasteiger partial charge in [0.2, 0.25) is 0 Å². The number of nitrogens with one attached hydrogen (secondary N) is 1. The highest BCUT2D eigenvalue weighted by Crippen LogP contribution is 2.11. The number of carbonyl (C=O) groups excluding carboxylic acids is 1. The zero-order valence-electron chi connectivity index (χ0n) is 4.90. The number of nitrogens with two attached hydrogens (primary N) is 1. The largest absolute Gasteiger partial charge is 0.705 e. The van der Waals surface area contributed by atoms with Crippen molar-refractivity contribution in [2.24, 2.45) is 10.8 Å². The van der Waals surface area contributed by atoms with Crippen molar-refractivity contribution in [2.75, 3.05) is 0 Å². The van der Waals surface area contributed by atoms with Gasteiger partial charge in [0.15, 0.2) is 5.82 Å². The Morgan fingerprint density at radius 3 is 3.00 bits per heavy atom. The van der Waals surface area contributed by atoms with Crippen LogP contribution in [0.25, 0.3) is 5.53 Å². The number of hydrogen-bond donors (Lipinski definition) is 2. The van der Waals surface area contributed by atoms with E-state index in [1.54, 1.807) is 0 Å². The van der Waals surface area contributed by atoms with Crippen LogP contribution >= 0.6 is 0 Å². The number of rotatable bonds is 2. The zero-order chi connectivity index (χ0) is 7.56. The summed E-state index contributed by atoms with van der Waals surface area (Å²) < 4.78 is 0. The maximum Gasteiger partial charge on any atom is 0.269 e. The quantitative estimate of drug-likeness (QED) is 0.568. The molecule has 1 aromatic rings. The van der Waals surface area contributed by atoms with E-state index in [0.717, 1.165) is 0 Å². The lowest BCUT2D eigenvalue weighted by atomic mass is 10.4. The van der Waals surface area contributed by atoms with Gasteiger partial charge in [-0.25, -0.2) is 4.98 Å². The average Bonchev–Trinajstić information content (AvgIpc) is 2.33. The van der Waals surface area contributed by atoms with Crippen LogP contribution in [0.2, 0.25) is 0 Å². The van der Waals surface area contributed by atoms with Crippen molar-refractivity contribution in [3.8, 4) is 0 Å². The van der Waals surface area contributed by atoms with Gasteiger partial charge in [-0.05, 0) is 0 Å². The molecule has 3 N–H and O–H groups in total. The highest BCUT2D eigenvalue weighted by atomic mass is 16.1. The van der Waals surface area contributed by atoms with Gasteiger partial charge in [0.1, 0.15) is 5.69 Å². The normalized spacial score (nSPS) is 9.20. The Bertz CT molecular complexity index is 264. The van der Waals surface area contributed by atoms with Gasteiger partial charge in [-0.15, -0.1) is 0 Å². The molecule has 0 unspecified atom stereocenters. The van der Waals surface area contributed by atoms with Crippen LogP contribution in [0.3, 0.4) is 0 Å². The molecule has 0 aliphatic carbocycles. The summed E-state index contributed by atoms with van der Waals surface area (Å²) in [6.45, 7) is 0. The molecular formula is C4H4N5O-. The molecule has 1 rings (SSSR count). The summed E-state index contributed by atoms with van der Waals surface area (Å²) in [6.07, 6.45) is 1.22. The Morgan fingerprint density at radius 2 is 2.60 bits per heavy atom. The van der Waals surface area contributed by atoms with E-state index in [1.165, 1.54) is 6.33 Å². The molecule has 0 aliphatic heterocycles. The summed E-state index contributed by atoms with van der Waals surface area (Å²) in [5.74, 6) is -0.794. The minimum atomic E-state index is -0.703. The highest BCUT2D eigenvalue weighted by Gasteiger charge is 2.06. The Kier molecular flexibility index (Phi) is 1.44. The van der Waals surface area contributed by atoms with E-state index in [4.69, 9.17) is 11.3 Å². The molecule has 0 spiro atoms. The molecule has 0 aromatic carbocycles. The fraction of sp³-hybridized carbons (Fsp3) is 0. The third-order valence-electron chi connectivity index (χ3n) is 0.960. The molecule has 6 heteroatoms. The molecule has 52 valence electrons. The van der Waals surface area contributed by atoms with E-state index in [-0.39, 0.29) is 11.5 Å². The first-order valence-electron chi connectivity index (χ1n) is 2.44. The average molecular weight is 138 g/mol. The van der Waals surface area contributed by atoms with Crippen LogP contribution in [0.1, 0.15) is 10.5 Å². The van der Waals surface area contributed by atoms with Crippen molar-refractivity contribution in [3.63, 3.8) is 0 Å². The molecule has 1 aromatic heterocycles. The van der Waals surface area contributed by atoms with E-state index in [0.29, 0.717) is 0 Å². The van der Waals surface area contributed by atoms with Gasteiger partial charge in [0, 0.05) is 0 Å². The van der Waals surface area contributed by atoms with Crippen molar-refractivity contribution in [2.45, 2.75) is 0 Å². The third-order valence-corrected chi connectivity index (χ3v) is 0.960. The second-order valence-electron chi connectivity index (χ2n) is 1.57. The van der Waals surface area contributed by atoms with Gasteiger partial charge in [-0.1, -0.05) is 0 Å². The summed E-state index contributed by atoms with van der Waals surface area (Å²) >= 11 is 0. The van der Waals surface area contributed by atoms with Crippen LogP contribution in [-0.4, -0.2) is 15.9 Å². The molecule has 0 atom stereocenters. The highest BCUT2D eigenvalue weighted by molar-refractivity contribution is 5.94. The number of aromatic amines is 1. The topological polar surface area (TPSA) is 106 Å². The summed E-state index contributed by atoms with van der Waals surface area (Å²) in [4.78, 5) is 16.3. The monoisotopic (exact) mass is 138 g/mol. The number of hydrogen-bond acceptors (Lipinski definition) is 3. The van der Waals surface area contributed by atoms with E-state index in [9.17, 15) is 4.79 Å². The van der Waals surface area contributed by atoms with Crippen LogP contribution in [-0.2, 0) is 0 Å². The predicted octanol–water partition coefficient (Wildman–Crippen LogP) is 0.162. The number of H-pyrrole nitrogens is 1. The molecule has 1 heterocycles. The van der Waals surface area contributed by atoms with Crippen LogP contribution in [0.4, 0.5) is 5.82 Å². The molecule has 6 nitrogen and oxygen atoms in total. The van der Waals surface area contributed by atoms with Gasteiger partial charge in [-0.3, -0.25) is 4.79 Å². The maximum absolute atomic E-state index is 10.4. The second kappa shape index (κ2) is 2.26. The SMILES string of the molecule is [N-]=Nc1nc[nH]c1C(N)=O. The third kappa shape index (κ3) is 0.859. The Hall–Kier alpha value is -1.72. The van der Waals surface area contributed by atoms with E-state index >= 15 is 0 Å². The molecule has 0 bridgehead atoms. The number of carbonyl (C=O) groups is 1. The van der Waals surface area contributed by atoms with Crippen LogP contribution < -0.4 is 5.73 Å². The minimum Gasteiger partial charge on any atom is -0.705 e. The molecule has 0 radical (unpaired) electrons. The zero-order valence-corrected chi connectivity index (χ0v) is 4.90. The first kappa shape index (κ1) is 6.40. The summed E-state index contributed by atoms with van der Waals surface area (Å²) in [5.41, 5.74) is 13.0. The first-order chi connectivity index (χ1) is 4.75. The lowest BCUT2D eigenvalue weighted by Gasteiger charge is -1.91. The Balaban J connectivity index is 3.13. The van der Waals surface area contributed by atoms with E-state index in [2.05, 4.69) is 15.1 Å². The van der Waals surface area contributed by atoms with Crippen molar-refractivity contribution < 1.29 is 4.79 Å². The lowest BCUT2D eigenvalue weighted by molar-refractivity contribution is 0.0997. The van der Waals surface area contributed by atoms with Crippen molar-refractivity contribution >= 4 is 11.7 Å². The molecular weight excluding hydrogens is 134 g/mol. The fourth-order valence-electron chi connectivity index (χ4n) is 0.544. The van der Waals surface area contributed by atoms with E-state index in [1.807, 2.05) is 0 Å². The molecule has 0 fully saturated rings. The van der Waals surface area contributed by atoms with Gasteiger partial charge in [0.25, 0.3) is 5.91 Å². The number of primary amides is 1. The molecule has 0 aliphatic rings. The summed E-state index contributed by atoms with van der Waals surface area (Å²) in [5, 5.41) is 2.71. The maximum atomic E-state index is 10.4.